The summed E-state index contributed by atoms with van der Waals surface area (Å²) in [5, 5.41) is 11.8. The molecular weight excluding hydrogens is 362 g/mol. The van der Waals surface area contributed by atoms with Crippen LogP contribution in [0.5, 0.6) is 5.75 Å². The Balaban J connectivity index is 1.91. The molecule has 0 fully saturated rings. The van der Waals surface area contributed by atoms with Crippen LogP contribution in [0.2, 0.25) is 19.6 Å². The van der Waals surface area contributed by atoms with Gasteiger partial charge in [0.25, 0.3) is 0 Å². The lowest BCUT2D eigenvalue weighted by Gasteiger charge is -2.19. The van der Waals surface area contributed by atoms with Crippen molar-refractivity contribution in [2.75, 3.05) is 0 Å². The molecule has 0 aliphatic heterocycles. The predicted molar refractivity (Wildman–Crippen MR) is 105 cm³/mol. The van der Waals surface area contributed by atoms with Crippen molar-refractivity contribution in [1.29, 1.82) is 0 Å². The number of benzene rings is 2. The number of amides is 1. The molecule has 1 atom stereocenters. The highest BCUT2D eigenvalue weighted by molar-refractivity contribution is 6.70. The minimum absolute atomic E-state index is 0.0851. The van der Waals surface area contributed by atoms with Gasteiger partial charge in [-0.05, 0) is 42.9 Å². The van der Waals surface area contributed by atoms with Crippen LogP contribution in [0.25, 0.3) is 0 Å². The van der Waals surface area contributed by atoms with Crippen molar-refractivity contribution in [3.8, 4) is 5.75 Å². The van der Waals surface area contributed by atoms with E-state index in [0.29, 0.717) is 0 Å². The number of nitrogens with one attached hydrogen (secondary N) is 1. The van der Waals surface area contributed by atoms with Gasteiger partial charge in [0.2, 0.25) is 8.32 Å². The standard InChI is InChI=1S/C20H25NO5Si/c1-27(2,3)26-17-11-9-15(10-12-17)13-18(19(22)23)21-20(24)25-14-16-7-5-4-6-8-16/h4-12,18H,13-14H2,1-3H3,(H,21,24)(H,22,23). The van der Waals surface area contributed by atoms with E-state index in [1.165, 1.54) is 0 Å². The number of carboxylic acid groups (broad SMARTS) is 1. The van der Waals surface area contributed by atoms with Crippen LogP contribution >= 0.6 is 0 Å². The average Bonchev–Trinajstić information content (AvgIpc) is 2.60. The topological polar surface area (TPSA) is 84.9 Å². The van der Waals surface area contributed by atoms with Crippen LogP contribution in [0.15, 0.2) is 54.6 Å². The van der Waals surface area contributed by atoms with E-state index < -0.39 is 26.4 Å². The van der Waals surface area contributed by atoms with Crippen LogP contribution in [0, 0.1) is 0 Å². The summed E-state index contributed by atoms with van der Waals surface area (Å²) >= 11 is 0. The first-order valence-electron chi connectivity index (χ1n) is 8.71. The van der Waals surface area contributed by atoms with Gasteiger partial charge in [-0.15, -0.1) is 0 Å². The summed E-state index contributed by atoms with van der Waals surface area (Å²) < 4.78 is 11.0. The highest BCUT2D eigenvalue weighted by atomic mass is 28.4. The van der Waals surface area contributed by atoms with E-state index in [4.69, 9.17) is 9.16 Å². The van der Waals surface area contributed by atoms with Crippen LogP contribution in [0.1, 0.15) is 11.1 Å². The highest BCUT2D eigenvalue weighted by Gasteiger charge is 2.21. The summed E-state index contributed by atoms with van der Waals surface area (Å²) in [6.07, 6.45) is -0.604. The first kappa shape index (κ1) is 20.5. The zero-order valence-corrected chi connectivity index (χ0v) is 16.8. The second kappa shape index (κ2) is 9.23. The van der Waals surface area contributed by atoms with Crippen LogP contribution < -0.4 is 9.74 Å². The van der Waals surface area contributed by atoms with Crippen molar-refractivity contribution < 1.29 is 23.9 Å². The third kappa shape index (κ3) is 7.53. The molecule has 27 heavy (non-hydrogen) atoms. The van der Waals surface area contributed by atoms with Gasteiger partial charge in [0.1, 0.15) is 18.4 Å². The fourth-order valence-electron chi connectivity index (χ4n) is 2.39. The maximum atomic E-state index is 11.9. The lowest BCUT2D eigenvalue weighted by molar-refractivity contribution is -0.139. The number of carbonyl (C=O) groups is 2. The van der Waals surface area contributed by atoms with E-state index in [-0.39, 0.29) is 13.0 Å². The first-order valence-corrected chi connectivity index (χ1v) is 12.1. The molecule has 0 aromatic heterocycles. The Kier molecular flexibility index (Phi) is 7.01. The van der Waals surface area contributed by atoms with E-state index in [0.717, 1.165) is 16.9 Å². The molecular formula is C20H25NO5Si. The second-order valence-electron chi connectivity index (χ2n) is 7.16. The van der Waals surface area contributed by atoms with Gasteiger partial charge in [0, 0.05) is 6.42 Å². The van der Waals surface area contributed by atoms with Crippen molar-refractivity contribution in [2.45, 2.75) is 38.7 Å². The quantitative estimate of drug-likeness (QED) is 0.673. The van der Waals surface area contributed by atoms with Crippen LogP contribution in [0.3, 0.4) is 0 Å². The molecule has 0 aliphatic rings. The molecule has 1 amide bonds. The van der Waals surface area contributed by atoms with Gasteiger partial charge < -0.3 is 19.6 Å². The van der Waals surface area contributed by atoms with E-state index in [1.54, 1.807) is 0 Å². The summed E-state index contributed by atoms with van der Waals surface area (Å²) in [6, 6.07) is 15.4. The lowest BCUT2D eigenvalue weighted by Crippen LogP contribution is -2.42. The van der Waals surface area contributed by atoms with Gasteiger partial charge in [-0.25, -0.2) is 9.59 Å². The molecule has 0 bridgehead atoms. The normalized spacial score (nSPS) is 12.1. The number of hydrogen-bond acceptors (Lipinski definition) is 4. The minimum atomic E-state index is -1.69. The lowest BCUT2D eigenvalue weighted by atomic mass is 10.1. The molecule has 0 saturated heterocycles. The molecule has 2 N–H and O–H groups in total. The van der Waals surface area contributed by atoms with E-state index >= 15 is 0 Å². The van der Waals surface area contributed by atoms with Gasteiger partial charge in [0.15, 0.2) is 0 Å². The molecule has 6 nitrogen and oxygen atoms in total. The van der Waals surface area contributed by atoms with Gasteiger partial charge in [-0.1, -0.05) is 42.5 Å². The predicted octanol–water partition coefficient (Wildman–Crippen LogP) is 3.82. The third-order valence-electron chi connectivity index (χ3n) is 3.59. The maximum absolute atomic E-state index is 11.9. The maximum Gasteiger partial charge on any atom is 0.408 e. The molecule has 7 heteroatoms. The molecule has 2 aromatic rings. The van der Waals surface area contributed by atoms with E-state index in [2.05, 4.69) is 25.0 Å². The largest absolute Gasteiger partial charge is 0.544 e. The molecule has 0 radical (unpaired) electrons. The summed E-state index contributed by atoms with van der Waals surface area (Å²) in [4.78, 5) is 23.4. The third-order valence-corrected chi connectivity index (χ3v) is 4.44. The second-order valence-corrected chi connectivity index (χ2v) is 11.6. The van der Waals surface area contributed by atoms with E-state index in [9.17, 15) is 14.7 Å². The fraction of sp³-hybridized carbons (Fsp3) is 0.300. The Labute approximate surface area is 160 Å². The smallest absolute Gasteiger partial charge is 0.408 e. The summed E-state index contributed by atoms with van der Waals surface area (Å²) in [5.41, 5.74) is 1.62. The van der Waals surface area contributed by atoms with Crippen molar-refractivity contribution >= 4 is 20.4 Å². The Hall–Kier alpha value is -2.80. The Morgan fingerprint density at radius 1 is 1.00 bits per heavy atom. The highest BCUT2D eigenvalue weighted by Crippen LogP contribution is 2.17. The Bertz CT molecular complexity index is 756. The monoisotopic (exact) mass is 387 g/mol. The number of hydrogen-bond donors (Lipinski definition) is 2. The SMILES string of the molecule is C[Si](C)(C)Oc1ccc(CC(NC(=O)OCc2ccccc2)C(=O)O)cc1. The molecule has 2 aromatic carbocycles. The van der Waals surface area contributed by atoms with Gasteiger partial charge in [0.05, 0.1) is 0 Å². The number of ether oxygens (including phenoxy) is 1. The number of carboxylic acids is 1. The van der Waals surface area contributed by atoms with Crippen LogP contribution in [-0.4, -0.2) is 31.5 Å². The molecule has 0 saturated carbocycles. The van der Waals surface area contributed by atoms with Gasteiger partial charge in [-0.3, -0.25) is 0 Å². The molecule has 144 valence electrons. The molecule has 1 unspecified atom stereocenters. The van der Waals surface area contributed by atoms with Crippen LogP contribution in [0.4, 0.5) is 4.79 Å². The Morgan fingerprint density at radius 3 is 2.19 bits per heavy atom. The summed E-state index contributed by atoms with van der Waals surface area (Å²) in [6.45, 7) is 6.35. The number of carbonyl (C=O) groups excluding carboxylic acids is 1. The van der Waals surface area contributed by atoms with Gasteiger partial charge in [-0.2, -0.15) is 0 Å². The molecule has 0 spiro atoms. The minimum Gasteiger partial charge on any atom is -0.544 e. The fourth-order valence-corrected chi connectivity index (χ4v) is 3.23. The zero-order chi connectivity index (χ0) is 19.9. The zero-order valence-electron chi connectivity index (χ0n) is 15.8. The van der Waals surface area contributed by atoms with Crippen molar-refractivity contribution in [3.63, 3.8) is 0 Å². The molecule has 0 aliphatic carbocycles. The average molecular weight is 388 g/mol. The summed E-state index contributed by atoms with van der Waals surface area (Å²) in [7, 11) is -1.69. The van der Waals surface area contributed by atoms with Crippen molar-refractivity contribution in [2.24, 2.45) is 0 Å². The number of alkyl carbamates (subject to hydrolysis) is 1. The van der Waals surface area contributed by atoms with Gasteiger partial charge >= 0.3 is 12.1 Å². The van der Waals surface area contributed by atoms with E-state index in [1.807, 2.05) is 54.6 Å². The Morgan fingerprint density at radius 2 is 1.63 bits per heavy atom. The van der Waals surface area contributed by atoms with Crippen molar-refractivity contribution in [1.82, 2.24) is 5.32 Å². The van der Waals surface area contributed by atoms with Crippen LogP contribution in [-0.2, 0) is 22.6 Å². The van der Waals surface area contributed by atoms with Crippen molar-refractivity contribution in [3.05, 3.63) is 65.7 Å². The first-order chi connectivity index (χ1) is 12.7. The molecule has 0 heterocycles. The number of rotatable bonds is 8. The summed E-state index contributed by atoms with van der Waals surface area (Å²) in [5.74, 6) is -0.353. The molecule has 2 rings (SSSR count). The number of aliphatic carboxylic acids is 1.